The molecule has 8 heteroatoms. The molecule has 1 unspecified atom stereocenters. The van der Waals surface area contributed by atoms with Crippen LogP contribution in [0.5, 0.6) is 5.75 Å². The second kappa shape index (κ2) is 10.9. The minimum absolute atomic E-state index is 0.211. The van der Waals surface area contributed by atoms with Gasteiger partial charge < -0.3 is 20.1 Å². The fourth-order valence-corrected chi connectivity index (χ4v) is 5.06. The van der Waals surface area contributed by atoms with Crippen LogP contribution in [0.2, 0.25) is 0 Å². The number of aromatic hydroxyl groups is 1. The van der Waals surface area contributed by atoms with Gasteiger partial charge in [-0.25, -0.2) is 9.97 Å². The number of nitrogens with zero attached hydrogens (tertiary/aromatic N) is 4. The van der Waals surface area contributed by atoms with Gasteiger partial charge in [0.25, 0.3) is 0 Å². The number of anilines is 1. The van der Waals surface area contributed by atoms with Crippen LogP contribution in [0, 0.1) is 17.2 Å². The van der Waals surface area contributed by atoms with E-state index in [1.54, 1.807) is 12.1 Å². The van der Waals surface area contributed by atoms with E-state index < -0.39 is 11.9 Å². The molecule has 2 aliphatic rings. The molecule has 1 saturated heterocycles. The van der Waals surface area contributed by atoms with Crippen LogP contribution < -0.4 is 10.2 Å². The summed E-state index contributed by atoms with van der Waals surface area (Å²) in [5.41, 5.74) is 3.56. The van der Waals surface area contributed by atoms with Gasteiger partial charge in [0, 0.05) is 26.2 Å². The molecule has 1 aromatic heterocycles. The number of aromatic nitrogens is 2. The number of esters is 1. The van der Waals surface area contributed by atoms with E-state index in [1.165, 1.54) is 19.3 Å². The van der Waals surface area contributed by atoms with E-state index in [1.807, 2.05) is 30.3 Å². The lowest BCUT2D eigenvalue weighted by atomic mass is 9.90. The smallest absolute Gasteiger partial charge is 0.329 e. The molecule has 1 aliphatic heterocycles. The lowest BCUT2D eigenvalue weighted by molar-refractivity contribution is -0.145. The number of phenols is 1. The number of hydrogen-bond donors (Lipinski definition) is 2. The third-order valence-electron chi connectivity index (χ3n) is 7.11. The van der Waals surface area contributed by atoms with Gasteiger partial charge in [-0.3, -0.25) is 4.79 Å². The molecular formula is C28H31N5O3. The summed E-state index contributed by atoms with van der Waals surface area (Å²) in [7, 11) is 0. The Morgan fingerprint density at radius 1 is 1.06 bits per heavy atom. The van der Waals surface area contributed by atoms with E-state index in [0.29, 0.717) is 48.2 Å². The van der Waals surface area contributed by atoms with Gasteiger partial charge in [-0.15, -0.1) is 0 Å². The number of nitriles is 1. The van der Waals surface area contributed by atoms with E-state index in [2.05, 4.69) is 16.3 Å². The zero-order chi connectivity index (χ0) is 24.9. The summed E-state index contributed by atoms with van der Waals surface area (Å²) >= 11 is 0. The van der Waals surface area contributed by atoms with Crippen molar-refractivity contribution in [1.29, 1.82) is 5.26 Å². The average Bonchev–Trinajstić information content (AvgIpc) is 2.93. The summed E-state index contributed by atoms with van der Waals surface area (Å²) < 4.78 is 5.65. The molecule has 36 heavy (non-hydrogen) atoms. The van der Waals surface area contributed by atoms with Crippen LogP contribution in [-0.4, -0.2) is 53.8 Å². The highest BCUT2D eigenvalue weighted by Gasteiger charge is 2.31. The second-order valence-corrected chi connectivity index (χ2v) is 9.62. The Morgan fingerprint density at radius 3 is 2.50 bits per heavy atom. The molecule has 2 fully saturated rings. The highest BCUT2D eigenvalue weighted by atomic mass is 16.5. The maximum atomic E-state index is 13.1. The molecule has 5 rings (SSSR count). The molecule has 8 nitrogen and oxygen atoms in total. The van der Waals surface area contributed by atoms with Gasteiger partial charge in [-0.05, 0) is 54.2 Å². The minimum Gasteiger partial charge on any atom is -0.508 e. The van der Waals surface area contributed by atoms with Crippen molar-refractivity contribution in [3.8, 4) is 22.9 Å². The second-order valence-electron chi connectivity index (χ2n) is 9.62. The average molecular weight is 486 g/mol. The van der Waals surface area contributed by atoms with Gasteiger partial charge in [0.15, 0.2) is 11.7 Å². The van der Waals surface area contributed by atoms with Crippen molar-refractivity contribution < 1.29 is 14.6 Å². The third-order valence-corrected chi connectivity index (χ3v) is 7.11. The number of nitrogens with one attached hydrogen (secondary N) is 1. The predicted molar refractivity (Wildman–Crippen MR) is 138 cm³/mol. The molecule has 0 spiro atoms. The Bertz CT molecular complexity index is 1260. The normalized spacial score (nSPS) is 17.5. The Labute approximate surface area is 210 Å². The van der Waals surface area contributed by atoms with Crippen molar-refractivity contribution in [1.82, 2.24) is 15.3 Å². The van der Waals surface area contributed by atoms with Gasteiger partial charge in [0.2, 0.25) is 0 Å². The Hall–Kier alpha value is -3.70. The monoisotopic (exact) mass is 485 g/mol. The zero-order valence-electron chi connectivity index (χ0n) is 20.3. The van der Waals surface area contributed by atoms with E-state index in [0.717, 1.165) is 37.1 Å². The Balaban J connectivity index is 1.49. The predicted octanol–water partition coefficient (Wildman–Crippen LogP) is 4.14. The standard InChI is InChI=1S/C28H31N5O3/c29-17-23(28(35)36-18-19-4-2-1-3-5-19)26-27(33-14-12-30-13-15-33)32-25-16-21(8-11-24(25)31-26)20-6-9-22(34)10-7-20/h6-11,16,19,23,30,34H,1-5,12-15,18H2. The van der Waals surface area contributed by atoms with Crippen molar-refractivity contribution in [2.75, 3.05) is 37.7 Å². The summed E-state index contributed by atoms with van der Waals surface area (Å²) in [6.07, 6.45) is 5.70. The maximum absolute atomic E-state index is 13.1. The summed E-state index contributed by atoms with van der Waals surface area (Å²) in [6, 6.07) is 14.9. The van der Waals surface area contributed by atoms with Gasteiger partial charge >= 0.3 is 5.97 Å². The largest absolute Gasteiger partial charge is 0.508 e. The van der Waals surface area contributed by atoms with E-state index in [4.69, 9.17) is 14.7 Å². The summed E-state index contributed by atoms with van der Waals surface area (Å²) in [5, 5.41) is 23.0. The van der Waals surface area contributed by atoms with Crippen molar-refractivity contribution in [2.45, 2.75) is 38.0 Å². The fraction of sp³-hybridized carbons (Fsp3) is 0.429. The number of carbonyl (C=O) groups excluding carboxylic acids is 1. The van der Waals surface area contributed by atoms with Crippen LogP contribution in [0.25, 0.3) is 22.2 Å². The number of hydrogen-bond acceptors (Lipinski definition) is 8. The zero-order valence-corrected chi connectivity index (χ0v) is 20.3. The molecule has 1 saturated carbocycles. The first-order valence-electron chi connectivity index (χ1n) is 12.8. The quantitative estimate of drug-likeness (QED) is 0.501. The lowest BCUT2D eigenvalue weighted by Crippen LogP contribution is -2.44. The molecule has 2 aromatic carbocycles. The molecule has 1 atom stereocenters. The summed E-state index contributed by atoms with van der Waals surface area (Å²) in [4.78, 5) is 24.9. The molecule has 186 valence electrons. The molecule has 0 bridgehead atoms. The number of fused-ring (bicyclic) bond motifs is 1. The van der Waals surface area contributed by atoms with E-state index in [-0.39, 0.29) is 5.75 Å². The van der Waals surface area contributed by atoms with E-state index in [9.17, 15) is 15.2 Å². The maximum Gasteiger partial charge on any atom is 0.329 e. The highest BCUT2D eigenvalue weighted by Crippen LogP contribution is 2.31. The lowest BCUT2D eigenvalue weighted by Gasteiger charge is -2.30. The Morgan fingerprint density at radius 2 is 1.78 bits per heavy atom. The fourth-order valence-electron chi connectivity index (χ4n) is 5.06. The van der Waals surface area contributed by atoms with Crippen molar-refractivity contribution in [3.05, 3.63) is 48.2 Å². The summed E-state index contributed by atoms with van der Waals surface area (Å²) in [6.45, 7) is 3.35. The number of carbonyl (C=O) groups is 1. The number of rotatable bonds is 6. The van der Waals surface area contributed by atoms with E-state index >= 15 is 0 Å². The number of piperazine rings is 1. The van der Waals surface area contributed by atoms with Gasteiger partial charge in [-0.2, -0.15) is 5.26 Å². The van der Waals surface area contributed by atoms with Gasteiger partial charge in [-0.1, -0.05) is 37.5 Å². The third kappa shape index (κ3) is 5.26. The molecule has 2 heterocycles. The van der Waals surface area contributed by atoms with Gasteiger partial charge in [0.1, 0.15) is 11.4 Å². The first-order chi connectivity index (χ1) is 17.6. The van der Waals surface area contributed by atoms with Gasteiger partial charge in [0.05, 0.1) is 23.7 Å². The van der Waals surface area contributed by atoms with Crippen LogP contribution in [0.3, 0.4) is 0 Å². The first-order valence-corrected chi connectivity index (χ1v) is 12.8. The van der Waals surface area contributed by atoms with Crippen molar-refractivity contribution in [2.24, 2.45) is 5.92 Å². The highest BCUT2D eigenvalue weighted by molar-refractivity contribution is 5.87. The molecule has 3 aromatic rings. The number of ether oxygens (including phenoxy) is 1. The summed E-state index contributed by atoms with van der Waals surface area (Å²) in [5.74, 6) is -0.535. The van der Waals surface area contributed by atoms with Crippen LogP contribution in [0.4, 0.5) is 5.82 Å². The first kappa shape index (κ1) is 24.0. The van der Waals surface area contributed by atoms with Crippen molar-refractivity contribution in [3.63, 3.8) is 0 Å². The van der Waals surface area contributed by atoms with Crippen LogP contribution in [0.15, 0.2) is 42.5 Å². The topological polar surface area (TPSA) is 111 Å². The molecule has 0 amide bonds. The van der Waals surface area contributed by atoms with Crippen LogP contribution >= 0.6 is 0 Å². The molecular weight excluding hydrogens is 454 g/mol. The molecule has 1 aliphatic carbocycles. The molecule has 2 N–H and O–H groups in total. The SMILES string of the molecule is N#CC(C(=O)OCC1CCCCC1)c1nc2ccc(-c3ccc(O)cc3)cc2nc1N1CCNCC1. The van der Waals surface area contributed by atoms with Crippen LogP contribution in [-0.2, 0) is 9.53 Å². The number of phenolic OH excluding ortho intramolecular Hbond substituents is 1. The number of benzene rings is 2. The molecule has 0 radical (unpaired) electrons. The minimum atomic E-state index is -1.13. The van der Waals surface area contributed by atoms with Crippen LogP contribution in [0.1, 0.15) is 43.7 Å². The Kier molecular flexibility index (Phi) is 7.28. The van der Waals surface area contributed by atoms with Crippen molar-refractivity contribution >= 4 is 22.8 Å².